The highest BCUT2D eigenvalue weighted by molar-refractivity contribution is 5.85. The Balaban J connectivity index is 0.00000256. The van der Waals surface area contributed by atoms with Gasteiger partial charge in [0.15, 0.2) is 0 Å². The van der Waals surface area contributed by atoms with Crippen LogP contribution in [-0.2, 0) is 14.3 Å². The minimum absolute atomic E-state index is 0. The normalized spacial score (nSPS) is 19.4. The fraction of sp³-hybridized carbons (Fsp3) is 0.818. The van der Waals surface area contributed by atoms with Gasteiger partial charge in [-0.05, 0) is 26.3 Å². The molecule has 0 aromatic carbocycles. The molecule has 6 heteroatoms. The van der Waals surface area contributed by atoms with Gasteiger partial charge in [-0.15, -0.1) is 12.4 Å². The van der Waals surface area contributed by atoms with E-state index in [4.69, 9.17) is 4.74 Å². The number of methoxy groups -OCH3 is 1. The molecule has 1 fully saturated rings. The van der Waals surface area contributed by atoms with E-state index in [9.17, 15) is 9.59 Å². The summed E-state index contributed by atoms with van der Waals surface area (Å²) in [5, 5.41) is 2.93. The number of rotatable bonds is 4. The monoisotopic (exact) mass is 264 g/mol. The number of piperidine rings is 1. The lowest BCUT2D eigenvalue weighted by atomic mass is 10.0. The molecule has 0 bridgehead atoms. The van der Waals surface area contributed by atoms with Gasteiger partial charge in [0.25, 0.3) is 0 Å². The maximum Gasteiger partial charge on any atom is 0.328 e. The lowest BCUT2D eigenvalue weighted by Gasteiger charge is -2.33. The molecule has 0 spiro atoms. The van der Waals surface area contributed by atoms with Crippen molar-refractivity contribution in [3.63, 3.8) is 0 Å². The molecule has 0 aromatic heterocycles. The van der Waals surface area contributed by atoms with E-state index in [1.807, 2.05) is 0 Å². The van der Waals surface area contributed by atoms with Crippen molar-refractivity contribution in [1.82, 2.24) is 10.2 Å². The number of nitrogens with one attached hydrogen (secondary N) is 1. The molecule has 5 nitrogen and oxygen atoms in total. The van der Waals surface area contributed by atoms with E-state index in [1.54, 1.807) is 11.9 Å². The van der Waals surface area contributed by atoms with Crippen molar-refractivity contribution in [2.45, 2.75) is 31.7 Å². The highest BCUT2D eigenvalue weighted by atomic mass is 35.5. The molecular weight excluding hydrogens is 244 g/mol. The second-order valence-electron chi connectivity index (χ2n) is 3.98. The van der Waals surface area contributed by atoms with Gasteiger partial charge in [-0.25, -0.2) is 4.79 Å². The third-order valence-electron chi connectivity index (χ3n) is 2.89. The van der Waals surface area contributed by atoms with Gasteiger partial charge in [0.1, 0.15) is 6.04 Å². The minimum Gasteiger partial charge on any atom is -0.467 e. The van der Waals surface area contributed by atoms with Crippen molar-refractivity contribution in [1.29, 1.82) is 0 Å². The van der Waals surface area contributed by atoms with Crippen molar-refractivity contribution < 1.29 is 14.3 Å². The van der Waals surface area contributed by atoms with Crippen molar-refractivity contribution in [2.24, 2.45) is 0 Å². The van der Waals surface area contributed by atoms with E-state index in [1.165, 1.54) is 7.11 Å². The molecule has 0 saturated carbocycles. The van der Waals surface area contributed by atoms with E-state index in [0.717, 1.165) is 19.3 Å². The molecule has 1 heterocycles. The number of esters is 1. The van der Waals surface area contributed by atoms with Crippen LogP contribution in [-0.4, -0.2) is 50.1 Å². The average Bonchev–Trinajstić information content (AvgIpc) is 2.35. The zero-order chi connectivity index (χ0) is 12.0. The number of ether oxygens (including phenoxy) is 1. The van der Waals surface area contributed by atoms with Crippen molar-refractivity contribution in [2.75, 3.05) is 27.2 Å². The van der Waals surface area contributed by atoms with Gasteiger partial charge in [0, 0.05) is 19.5 Å². The van der Waals surface area contributed by atoms with Crippen molar-refractivity contribution in [3.05, 3.63) is 0 Å². The average molecular weight is 265 g/mol. The first-order valence-electron chi connectivity index (χ1n) is 5.72. The predicted octanol–water partition coefficient (Wildman–Crippen LogP) is 0.572. The Bertz CT molecular complexity index is 261. The van der Waals surface area contributed by atoms with Gasteiger partial charge < -0.3 is 15.0 Å². The molecule has 1 atom stereocenters. The van der Waals surface area contributed by atoms with E-state index in [-0.39, 0.29) is 30.3 Å². The molecule has 1 saturated heterocycles. The van der Waals surface area contributed by atoms with E-state index < -0.39 is 0 Å². The first kappa shape index (κ1) is 16.2. The molecule has 1 unspecified atom stereocenters. The summed E-state index contributed by atoms with van der Waals surface area (Å²) in [5.74, 6) is -0.262. The number of carbonyl (C=O) groups is 2. The Hall–Kier alpha value is -0.810. The zero-order valence-corrected chi connectivity index (χ0v) is 11.2. The number of hydrogen-bond acceptors (Lipinski definition) is 4. The van der Waals surface area contributed by atoms with Gasteiger partial charge in [-0.1, -0.05) is 0 Å². The first-order valence-corrected chi connectivity index (χ1v) is 5.72. The number of carbonyl (C=O) groups excluding carboxylic acids is 2. The minimum atomic E-state index is -0.372. The molecule has 0 radical (unpaired) electrons. The fourth-order valence-electron chi connectivity index (χ4n) is 1.99. The van der Waals surface area contributed by atoms with Gasteiger partial charge >= 0.3 is 5.97 Å². The third kappa shape index (κ3) is 4.52. The number of amides is 1. The molecule has 0 aromatic rings. The summed E-state index contributed by atoms with van der Waals surface area (Å²) in [6, 6.07) is -0.372. The molecular formula is C11H21ClN2O3. The fourth-order valence-corrected chi connectivity index (χ4v) is 1.99. The van der Waals surface area contributed by atoms with Crippen LogP contribution in [0.2, 0.25) is 0 Å². The molecule has 0 aliphatic carbocycles. The summed E-state index contributed by atoms with van der Waals surface area (Å²) < 4.78 is 4.73. The van der Waals surface area contributed by atoms with Crippen LogP contribution in [0.5, 0.6) is 0 Å². The summed E-state index contributed by atoms with van der Waals surface area (Å²) in [6.45, 7) is 1.31. The van der Waals surface area contributed by atoms with Crippen molar-refractivity contribution >= 4 is 24.3 Å². The Kier molecular flexibility index (Phi) is 7.91. The zero-order valence-electron chi connectivity index (χ0n) is 10.4. The Morgan fingerprint density at radius 3 is 2.71 bits per heavy atom. The van der Waals surface area contributed by atoms with E-state index in [0.29, 0.717) is 19.5 Å². The van der Waals surface area contributed by atoms with E-state index >= 15 is 0 Å². The van der Waals surface area contributed by atoms with Crippen LogP contribution in [0.3, 0.4) is 0 Å². The van der Waals surface area contributed by atoms with E-state index in [2.05, 4.69) is 5.32 Å². The lowest BCUT2D eigenvalue weighted by Crippen LogP contribution is -2.48. The molecule has 1 aliphatic rings. The lowest BCUT2D eigenvalue weighted by molar-refractivity contribution is -0.154. The highest BCUT2D eigenvalue weighted by Crippen LogP contribution is 2.18. The molecule has 1 rings (SSSR count). The maximum absolute atomic E-state index is 11.9. The second kappa shape index (κ2) is 8.31. The maximum atomic E-state index is 11.9. The van der Waals surface area contributed by atoms with Crippen molar-refractivity contribution in [3.8, 4) is 0 Å². The number of likely N-dealkylation sites (tertiary alicyclic amines) is 1. The summed E-state index contributed by atoms with van der Waals surface area (Å²) >= 11 is 0. The molecule has 100 valence electrons. The molecule has 1 N–H and O–H groups in total. The third-order valence-corrected chi connectivity index (χ3v) is 2.89. The summed E-state index contributed by atoms with van der Waals surface area (Å²) in [7, 11) is 3.18. The van der Waals surface area contributed by atoms with Crippen LogP contribution >= 0.6 is 12.4 Å². The van der Waals surface area contributed by atoms with Gasteiger partial charge in [0.05, 0.1) is 7.11 Å². The first-order chi connectivity index (χ1) is 7.70. The number of nitrogens with zero attached hydrogens (tertiary/aromatic N) is 1. The largest absolute Gasteiger partial charge is 0.467 e. The van der Waals surface area contributed by atoms with Gasteiger partial charge in [-0.2, -0.15) is 0 Å². The molecule has 17 heavy (non-hydrogen) atoms. The van der Waals surface area contributed by atoms with Crippen LogP contribution in [0.15, 0.2) is 0 Å². The SMILES string of the molecule is CNCCC(=O)N1CCCCC1C(=O)OC.Cl. The quantitative estimate of drug-likeness (QED) is 0.755. The van der Waals surface area contributed by atoms with Gasteiger partial charge in [0.2, 0.25) is 5.91 Å². The van der Waals surface area contributed by atoms with Crippen LogP contribution in [0.25, 0.3) is 0 Å². The Labute approximate surface area is 108 Å². The highest BCUT2D eigenvalue weighted by Gasteiger charge is 2.32. The Morgan fingerprint density at radius 2 is 2.12 bits per heavy atom. The summed E-state index contributed by atoms with van der Waals surface area (Å²) in [6.07, 6.45) is 3.11. The van der Waals surface area contributed by atoms with Crippen LogP contribution in [0.4, 0.5) is 0 Å². The number of hydrogen-bond donors (Lipinski definition) is 1. The predicted molar refractivity (Wildman–Crippen MR) is 67.2 cm³/mol. The number of halogens is 1. The molecule has 1 aliphatic heterocycles. The van der Waals surface area contributed by atoms with Crippen LogP contribution < -0.4 is 5.32 Å². The van der Waals surface area contributed by atoms with Crippen LogP contribution in [0.1, 0.15) is 25.7 Å². The van der Waals surface area contributed by atoms with Gasteiger partial charge in [-0.3, -0.25) is 4.79 Å². The summed E-state index contributed by atoms with van der Waals surface area (Å²) in [5.41, 5.74) is 0. The van der Waals surface area contributed by atoms with Crippen LogP contribution in [0, 0.1) is 0 Å². The smallest absolute Gasteiger partial charge is 0.328 e. The Morgan fingerprint density at radius 1 is 1.41 bits per heavy atom. The molecule has 1 amide bonds. The topological polar surface area (TPSA) is 58.6 Å². The second-order valence-corrected chi connectivity index (χ2v) is 3.98. The standard InChI is InChI=1S/C11H20N2O3.ClH/c1-12-7-6-10(14)13-8-4-3-5-9(13)11(15)16-2;/h9,12H,3-8H2,1-2H3;1H. The summed E-state index contributed by atoms with van der Waals surface area (Å²) in [4.78, 5) is 25.0.